The molecule has 0 aliphatic carbocycles. The molecule has 0 heterocycles. The molecule has 0 saturated carbocycles. The van der Waals surface area contributed by atoms with Gasteiger partial charge in [0.1, 0.15) is 0 Å². The lowest BCUT2D eigenvalue weighted by Crippen LogP contribution is -2.35. The number of amides is 1. The van der Waals surface area contributed by atoms with Gasteiger partial charge >= 0.3 is 0 Å². The van der Waals surface area contributed by atoms with E-state index in [0.29, 0.717) is 5.56 Å². The van der Waals surface area contributed by atoms with Crippen molar-refractivity contribution in [2.45, 2.75) is 33.8 Å². The van der Waals surface area contributed by atoms with Crippen LogP contribution in [0.2, 0.25) is 0 Å². The molecule has 1 unspecified atom stereocenters. The third kappa shape index (κ3) is 3.82. The van der Waals surface area contributed by atoms with Gasteiger partial charge in [0, 0.05) is 16.6 Å². The van der Waals surface area contributed by atoms with Gasteiger partial charge in [0.2, 0.25) is 0 Å². The molecule has 1 atom stereocenters. The first-order valence-corrected chi connectivity index (χ1v) is 6.85. The monoisotopic (exact) mass is 313 g/mol. The standard InChI is InChI=1S/C14H20BrNO2/c1-8(2)13(17)7-16-14(18)11-5-10(4)12(15)6-9(11)3/h5-6,8,13,17H,7H2,1-4H3,(H,16,18). The van der Waals surface area contributed by atoms with Crippen LogP contribution in [0, 0.1) is 19.8 Å². The minimum Gasteiger partial charge on any atom is -0.391 e. The molecule has 0 aromatic heterocycles. The Hall–Kier alpha value is -0.870. The van der Waals surface area contributed by atoms with Crippen LogP contribution in [-0.2, 0) is 0 Å². The summed E-state index contributed by atoms with van der Waals surface area (Å²) in [5.41, 5.74) is 2.60. The summed E-state index contributed by atoms with van der Waals surface area (Å²) in [6, 6.07) is 3.79. The SMILES string of the molecule is Cc1cc(C(=O)NCC(O)C(C)C)c(C)cc1Br. The molecule has 0 spiro atoms. The van der Waals surface area contributed by atoms with Crippen LogP contribution in [0.15, 0.2) is 16.6 Å². The number of carbonyl (C=O) groups excluding carboxylic acids is 1. The fourth-order valence-electron chi connectivity index (χ4n) is 1.55. The lowest BCUT2D eigenvalue weighted by atomic mass is 10.0. The molecule has 0 bridgehead atoms. The molecule has 18 heavy (non-hydrogen) atoms. The molecule has 0 aliphatic heterocycles. The minimum absolute atomic E-state index is 0.136. The Kier molecular flexibility index (Phi) is 5.35. The van der Waals surface area contributed by atoms with E-state index in [4.69, 9.17) is 0 Å². The largest absolute Gasteiger partial charge is 0.391 e. The van der Waals surface area contributed by atoms with E-state index in [0.717, 1.165) is 15.6 Å². The lowest BCUT2D eigenvalue weighted by molar-refractivity contribution is 0.0871. The summed E-state index contributed by atoms with van der Waals surface area (Å²) in [7, 11) is 0. The van der Waals surface area contributed by atoms with Crippen LogP contribution in [0.25, 0.3) is 0 Å². The molecule has 1 rings (SSSR count). The van der Waals surface area contributed by atoms with E-state index in [1.807, 2.05) is 39.8 Å². The summed E-state index contributed by atoms with van der Waals surface area (Å²) >= 11 is 3.44. The third-order valence-corrected chi connectivity index (χ3v) is 3.85. The van der Waals surface area contributed by atoms with E-state index in [1.165, 1.54) is 0 Å². The van der Waals surface area contributed by atoms with Crippen molar-refractivity contribution in [2.75, 3.05) is 6.54 Å². The topological polar surface area (TPSA) is 49.3 Å². The second kappa shape index (κ2) is 6.34. The smallest absolute Gasteiger partial charge is 0.251 e. The van der Waals surface area contributed by atoms with Crippen molar-refractivity contribution in [2.24, 2.45) is 5.92 Å². The molecular weight excluding hydrogens is 294 g/mol. The number of benzene rings is 1. The Balaban J connectivity index is 2.76. The molecule has 2 N–H and O–H groups in total. The van der Waals surface area contributed by atoms with Crippen LogP contribution in [0.1, 0.15) is 35.3 Å². The fourth-order valence-corrected chi connectivity index (χ4v) is 2.01. The molecule has 1 aromatic carbocycles. The van der Waals surface area contributed by atoms with Crippen LogP contribution in [0.3, 0.4) is 0 Å². The number of aliphatic hydroxyl groups is 1. The van der Waals surface area contributed by atoms with Crippen molar-refractivity contribution in [3.8, 4) is 0 Å². The van der Waals surface area contributed by atoms with Gasteiger partial charge in [-0.1, -0.05) is 29.8 Å². The van der Waals surface area contributed by atoms with E-state index in [9.17, 15) is 9.90 Å². The molecule has 0 aliphatic rings. The van der Waals surface area contributed by atoms with Crippen molar-refractivity contribution in [3.63, 3.8) is 0 Å². The van der Waals surface area contributed by atoms with E-state index in [1.54, 1.807) is 0 Å². The molecule has 3 nitrogen and oxygen atoms in total. The van der Waals surface area contributed by atoms with Gasteiger partial charge in [0.15, 0.2) is 0 Å². The Morgan fingerprint density at radius 1 is 1.33 bits per heavy atom. The maximum absolute atomic E-state index is 12.0. The Labute approximate surface area is 117 Å². The van der Waals surface area contributed by atoms with Gasteiger partial charge in [-0.2, -0.15) is 0 Å². The van der Waals surface area contributed by atoms with Gasteiger partial charge in [-0.25, -0.2) is 0 Å². The number of hydrogen-bond acceptors (Lipinski definition) is 2. The van der Waals surface area contributed by atoms with Crippen LogP contribution < -0.4 is 5.32 Å². The van der Waals surface area contributed by atoms with Crippen LogP contribution in [0.4, 0.5) is 0 Å². The van der Waals surface area contributed by atoms with E-state index in [2.05, 4.69) is 21.2 Å². The Morgan fingerprint density at radius 2 is 1.94 bits per heavy atom. The molecule has 0 saturated heterocycles. The minimum atomic E-state index is -0.509. The molecule has 0 fully saturated rings. The molecule has 1 amide bonds. The van der Waals surface area contributed by atoms with Crippen LogP contribution >= 0.6 is 15.9 Å². The normalized spacial score (nSPS) is 12.6. The summed E-state index contributed by atoms with van der Waals surface area (Å²) in [5, 5.41) is 12.4. The quantitative estimate of drug-likeness (QED) is 0.898. The predicted octanol–water partition coefficient (Wildman–Crippen LogP) is 2.81. The number of aliphatic hydroxyl groups excluding tert-OH is 1. The van der Waals surface area contributed by atoms with Crippen molar-refractivity contribution < 1.29 is 9.90 Å². The number of nitrogens with one attached hydrogen (secondary N) is 1. The summed E-state index contributed by atoms with van der Waals surface area (Å²) in [5.74, 6) is 0.000788. The van der Waals surface area contributed by atoms with Crippen molar-refractivity contribution in [1.82, 2.24) is 5.32 Å². The lowest BCUT2D eigenvalue weighted by Gasteiger charge is -2.16. The number of halogens is 1. The maximum atomic E-state index is 12.0. The number of hydrogen-bond donors (Lipinski definition) is 2. The van der Waals surface area contributed by atoms with E-state index in [-0.39, 0.29) is 18.4 Å². The molecule has 1 aromatic rings. The molecular formula is C14H20BrNO2. The van der Waals surface area contributed by atoms with Gasteiger partial charge in [-0.05, 0) is 43.0 Å². The van der Waals surface area contributed by atoms with E-state index >= 15 is 0 Å². The van der Waals surface area contributed by atoms with Gasteiger partial charge in [0.25, 0.3) is 5.91 Å². The van der Waals surface area contributed by atoms with Crippen LogP contribution in [0.5, 0.6) is 0 Å². The second-order valence-corrected chi connectivity index (χ2v) is 5.79. The predicted molar refractivity (Wildman–Crippen MR) is 76.8 cm³/mol. The first kappa shape index (κ1) is 15.2. The summed E-state index contributed by atoms with van der Waals surface area (Å²) in [6.07, 6.45) is -0.509. The molecule has 4 heteroatoms. The number of rotatable bonds is 4. The highest BCUT2D eigenvalue weighted by molar-refractivity contribution is 9.10. The van der Waals surface area contributed by atoms with Gasteiger partial charge < -0.3 is 10.4 Å². The highest BCUT2D eigenvalue weighted by Gasteiger charge is 2.14. The average Bonchev–Trinajstić information content (AvgIpc) is 2.30. The molecule has 100 valence electrons. The fraction of sp³-hybridized carbons (Fsp3) is 0.500. The Morgan fingerprint density at radius 3 is 2.50 bits per heavy atom. The average molecular weight is 314 g/mol. The Bertz CT molecular complexity index is 444. The zero-order chi connectivity index (χ0) is 13.9. The third-order valence-electron chi connectivity index (χ3n) is 2.99. The van der Waals surface area contributed by atoms with Crippen LogP contribution in [-0.4, -0.2) is 23.7 Å². The van der Waals surface area contributed by atoms with E-state index < -0.39 is 6.10 Å². The highest BCUT2D eigenvalue weighted by atomic mass is 79.9. The zero-order valence-electron chi connectivity index (χ0n) is 11.2. The highest BCUT2D eigenvalue weighted by Crippen LogP contribution is 2.21. The van der Waals surface area contributed by atoms with Gasteiger partial charge in [-0.3, -0.25) is 4.79 Å². The van der Waals surface area contributed by atoms with Crippen molar-refractivity contribution >= 4 is 21.8 Å². The summed E-state index contributed by atoms with van der Waals surface area (Å²) < 4.78 is 0.999. The second-order valence-electron chi connectivity index (χ2n) is 4.94. The zero-order valence-corrected chi connectivity index (χ0v) is 12.8. The summed E-state index contributed by atoms with van der Waals surface area (Å²) in [6.45, 7) is 7.98. The van der Waals surface area contributed by atoms with Gasteiger partial charge in [-0.15, -0.1) is 0 Å². The van der Waals surface area contributed by atoms with Gasteiger partial charge in [0.05, 0.1) is 6.10 Å². The number of carbonyl (C=O) groups is 1. The first-order valence-electron chi connectivity index (χ1n) is 6.06. The number of aryl methyl sites for hydroxylation is 2. The molecule has 0 radical (unpaired) electrons. The van der Waals surface area contributed by atoms with Crippen molar-refractivity contribution in [3.05, 3.63) is 33.3 Å². The first-order chi connectivity index (χ1) is 8.32. The van der Waals surface area contributed by atoms with Crippen molar-refractivity contribution in [1.29, 1.82) is 0 Å². The maximum Gasteiger partial charge on any atom is 0.251 e. The summed E-state index contributed by atoms with van der Waals surface area (Å²) in [4.78, 5) is 12.0.